The van der Waals surface area contributed by atoms with Crippen molar-refractivity contribution < 1.29 is 14.3 Å². The first-order valence-corrected chi connectivity index (χ1v) is 7.14. The maximum absolute atomic E-state index is 13.9. The van der Waals surface area contributed by atoms with Crippen molar-refractivity contribution in [3.05, 3.63) is 35.1 Å². The number of nitrogens with one attached hydrogen (secondary N) is 1. The highest BCUT2D eigenvalue weighted by molar-refractivity contribution is 5.95. The van der Waals surface area contributed by atoms with E-state index in [9.17, 15) is 9.18 Å². The molecule has 0 saturated heterocycles. The highest BCUT2D eigenvalue weighted by Gasteiger charge is 2.35. The zero-order valence-electron chi connectivity index (χ0n) is 12.4. The van der Waals surface area contributed by atoms with Gasteiger partial charge in [0.15, 0.2) is 0 Å². The van der Waals surface area contributed by atoms with Gasteiger partial charge in [-0.3, -0.25) is 4.79 Å². The van der Waals surface area contributed by atoms with Crippen LogP contribution in [-0.2, 0) is 0 Å². The fourth-order valence-electron chi connectivity index (χ4n) is 2.75. The Morgan fingerprint density at radius 1 is 1.52 bits per heavy atom. The number of carbonyl (C=O) groups is 1. The van der Waals surface area contributed by atoms with Crippen LogP contribution in [0.5, 0.6) is 0 Å². The van der Waals surface area contributed by atoms with Crippen LogP contribution >= 0.6 is 0 Å². The van der Waals surface area contributed by atoms with Crippen molar-refractivity contribution in [1.29, 1.82) is 0 Å². The fourth-order valence-corrected chi connectivity index (χ4v) is 2.75. The van der Waals surface area contributed by atoms with Crippen molar-refractivity contribution in [3.63, 3.8) is 0 Å². The summed E-state index contributed by atoms with van der Waals surface area (Å²) >= 11 is 0. The van der Waals surface area contributed by atoms with Crippen LogP contribution in [0.15, 0.2) is 18.2 Å². The number of rotatable bonds is 2. The van der Waals surface area contributed by atoms with Crippen LogP contribution in [-0.4, -0.2) is 23.7 Å². The number of carbonyl (C=O) groups excluding carboxylic acids is 1. The Kier molecular flexibility index (Phi) is 4.64. The van der Waals surface area contributed by atoms with Gasteiger partial charge in [0.1, 0.15) is 12.4 Å². The molecule has 2 rings (SSSR count). The number of aliphatic hydroxyl groups excluding tert-OH is 1. The first kappa shape index (κ1) is 15.5. The van der Waals surface area contributed by atoms with E-state index in [-0.39, 0.29) is 23.6 Å². The van der Waals surface area contributed by atoms with Crippen molar-refractivity contribution in [1.82, 2.24) is 5.32 Å². The molecule has 1 fully saturated rings. The Balaban J connectivity index is 2.19. The summed E-state index contributed by atoms with van der Waals surface area (Å²) in [6.07, 6.45) is 3.05. The third kappa shape index (κ3) is 3.62. The number of benzene rings is 1. The molecule has 1 atom stereocenters. The first-order chi connectivity index (χ1) is 9.94. The second-order valence-corrected chi connectivity index (χ2v) is 6.06. The molecule has 0 bridgehead atoms. The average molecular weight is 289 g/mol. The summed E-state index contributed by atoms with van der Waals surface area (Å²) in [5.41, 5.74) is 0.559. The lowest BCUT2D eigenvalue weighted by atomic mass is 9.87. The van der Waals surface area contributed by atoms with E-state index in [2.05, 4.69) is 31.0 Å². The molecule has 21 heavy (non-hydrogen) atoms. The minimum absolute atomic E-state index is 0.00226. The Hall–Kier alpha value is -1.86. The minimum Gasteiger partial charge on any atom is -0.384 e. The second-order valence-electron chi connectivity index (χ2n) is 6.06. The van der Waals surface area contributed by atoms with E-state index in [0.29, 0.717) is 5.56 Å². The SMILES string of the molecule is CC1(C)CCCC1NC(=O)c1cc(C#CCO)ccc1F. The summed E-state index contributed by atoms with van der Waals surface area (Å²) in [4.78, 5) is 12.3. The quantitative estimate of drug-likeness (QED) is 0.822. The predicted octanol–water partition coefficient (Wildman–Crippen LogP) is 2.48. The van der Waals surface area contributed by atoms with Crippen LogP contribution in [0.25, 0.3) is 0 Å². The molecule has 1 aliphatic rings. The predicted molar refractivity (Wildman–Crippen MR) is 79.3 cm³/mol. The maximum atomic E-state index is 13.9. The highest BCUT2D eigenvalue weighted by Crippen LogP contribution is 2.37. The van der Waals surface area contributed by atoms with Gasteiger partial charge in [-0.1, -0.05) is 32.1 Å². The minimum atomic E-state index is -0.558. The Morgan fingerprint density at radius 2 is 2.29 bits per heavy atom. The lowest BCUT2D eigenvalue weighted by Crippen LogP contribution is -2.41. The van der Waals surface area contributed by atoms with Crippen LogP contribution in [0, 0.1) is 23.1 Å². The molecule has 112 valence electrons. The van der Waals surface area contributed by atoms with Gasteiger partial charge in [0.25, 0.3) is 5.91 Å². The molecule has 2 N–H and O–H groups in total. The van der Waals surface area contributed by atoms with Gasteiger partial charge in [0.2, 0.25) is 0 Å². The van der Waals surface area contributed by atoms with Crippen LogP contribution in [0.1, 0.15) is 49.0 Å². The molecule has 0 radical (unpaired) electrons. The summed E-state index contributed by atoms with van der Waals surface area (Å²) in [5, 5.41) is 11.6. The highest BCUT2D eigenvalue weighted by atomic mass is 19.1. The van der Waals surface area contributed by atoms with Crippen molar-refractivity contribution in [2.24, 2.45) is 5.41 Å². The molecule has 1 amide bonds. The molecule has 1 aliphatic carbocycles. The van der Waals surface area contributed by atoms with E-state index < -0.39 is 11.7 Å². The molecule has 4 heteroatoms. The van der Waals surface area contributed by atoms with E-state index in [0.717, 1.165) is 19.3 Å². The van der Waals surface area contributed by atoms with E-state index in [1.54, 1.807) is 0 Å². The Morgan fingerprint density at radius 3 is 2.90 bits per heavy atom. The fraction of sp³-hybridized carbons (Fsp3) is 0.471. The van der Waals surface area contributed by atoms with E-state index in [4.69, 9.17) is 5.11 Å². The summed E-state index contributed by atoms with van der Waals surface area (Å²) < 4.78 is 13.9. The van der Waals surface area contributed by atoms with Gasteiger partial charge in [0, 0.05) is 11.6 Å². The van der Waals surface area contributed by atoms with Crippen molar-refractivity contribution >= 4 is 5.91 Å². The van der Waals surface area contributed by atoms with Crippen LogP contribution in [0.2, 0.25) is 0 Å². The Bertz CT molecular complexity index is 599. The number of halogens is 1. The van der Waals surface area contributed by atoms with Gasteiger partial charge in [-0.15, -0.1) is 0 Å². The van der Waals surface area contributed by atoms with Crippen molar-refractivity contribution in [2.45, 2.75) is 39.2 Å². The van der Waals surface area contributed by atoms with Gasteiger partial charge in [-0.05, 0) is 36.5 Å². The third-order valence-corrected chi connectivity index (χ3v) is 4.09. The summed E-state index contributed by atoms with van der Waals surface area (Å²) in [6.45, 7) is 3.96. The molecule has 3 nitrogen and oxygen atoms in total. The topological polar surface area (TPSA) is 49.3 Å². The number of amides is 1. The summed E-state index contributed by atoms with van der Waals surface area (Å²) in [5.74, 6) is 4.21. The molecule has 1 unspecified atom stereocenters. The average Bonchev–Trinajstić information content (AvgIpc) is 2.77. The van der Waals surface area contributed by atoms with E-state index in [1.807, 2.05) is 0 Å². The molecule has 1 saturated carbocycles. The van der Waals surface area contributed by atoms with Crippen molar-refractivity contribution in [2.75, 3.05) is 6.61 Å². The molecular formula is C17H20FNO2. The summed E-state index contributed by atoms with van der Waals surface area (Å²) in [6, 6.07) is 4.22. The summed E-state index contributed by atoms with van der Waals surface area (Å²) in [7, 11) is 0. The maximum Gasteiger partial charge on any atom is 0.254 e. The molecule has 0 aromatic heterocycles. The zero-order chi connectivity index (χ0) is 15.5. The molecule has 0 heterocycles. The first-order valence-electron chi connectivity index (χ1n) is 7.14. The lowest BCUT2D eigenvalue weighted by Gasteiger charge is -2.27. The Labute approximate surface area is 124 Å². The van der Waals surface area contributed by atoms with Crippen LogP contribution < -0.4 is 5.32 Å². The monoisotopic (exact) mass is 289 g/mol. The standard InChI is InChI=1S/C17H20FNO2/c1-17(2)9-3-6-15(17)19-16(21)13-11-12(5-4-10-20)7-8-14(13)18/h7-8,11,15,20H,3,6,9-10H2,1-2H3,(H,19,21). The van der Waals surface area contributed by atoms with Gasteiger partial charge >= 0.3 is 0 Å². The number of hydrogen-bond donors (Lipinski definition) is 2. The molecule has 1 aromatic rings. The molecule has 0 aliphatic heterocycles. The van der Waals surface area contributed by atoms with Gasteiger partial charge in [0.05, 0.1) is 5.56 Å². The molecular weight excluding hydrogens is 269 g/mol. The van der Waals surface area contributed by atoms with Crippen LogP contribution in [0.3, 0.4) is 0 Å². The largest absolute Gasteiger partial charge is 0.384 e. The molecule has 0 spiro atoms. The van der Waals surface area contributed by atoms with E-state index >= 15 is 0 Å². The molecule has 1 aromatic carbocycles. The zero-order valence-corrected chi connectivity index (χ0v) is 12.4. The number of aliphatic hydroxyl groups is 1. The van der Waals surface area contributed by atoms with Gasteiger partial charge < -0.3 is 10.4 Å². The number of hydrogen-bond acceptors (Lipinski definition) is 2. The normalized spacial score (nSPS) is 19.7. The smallest absolute Gasteiger partial charge is 0.254 e. The third-order valence-electron chi connectivity index (χ3n) is 4.09. The van der Waals surface area contributed by atoms with Gasteiger partial charge in [-0.2, -0.15) is 0 Å². The lowest BCUT2D eigenvalue weighted by molar-refractivity contribution is 0.0906. The van der Waals surface area contributed by atoms with Crippen LogP contribution in [0.4, 0.5) is 4.39 Å². The second kappa shape index (κ2) is 6.28. The van der Waals surface area contributed by atoms with Crippen molar-refractivity contribution in [3.8, 4) is 11.8 Å². The van der Waals surface area contributed by atoms with E-state index in [1.165, 1.54) is 18.2 Å². The van der Waals surface area contributed by atoms with Gasteiger partial charge in [-0.25, -0.2) is 4.39 Å².